The van der Waals surface area contributed by atoms with Gasteiger partial charge in [0.2, 0.25) is 5.91 Å². The molecule has 1 rings (SSSR count). The molecule has 0 aliphatic carbocycles. The lowest BCUT2D eigenvalue weighted by Gasteiger charge is -2.18. The normalized spacial score (nSPS) is 13.8. The molecular weight excluding hydrogens is 256 g/mol. The van der Waals surface area contributed by atoms with Gasteiger partial charge in [0.15, 0.2) is 0 Å². The Bertz CT molecular complexity index is 443. The first-order chi connectivity index (χ1) is 9.42. The quantitative estimate of drug-likeness (QED) is 0.649. The van der Waals surface area contributed by atoms with Gasteiger partial charge in [0.25, 0.3) is 0 Å². The molecule has 0 radical (unpaired) electrons. The fourth-order valence-electron chi connectivity index (χ4n) is 1.92. The molecule has 4 N–H and O–H groups in total. The van der Waals surface area contributed by atoms with Crippen LogP contribution in [0.25, 0.3) is 0 Å². The van der Waals surface area contributed by atoms with Gasteiger partial charge in [-0.05, 0) is 36.5 Å². The first-order valence-corrected chi connectivity index (χ1v) is 6.71. The maximum absolute atomic E-state index is 11.9. The van der Waals surface area contributed by atoms with E-state index >= 15 is 0 Å². The number of hydrogen-bond acceptors (Lipinski definition) is 4. The number of amides is 1. The Morgan fingerprint density at radius 3 is 2.45 bits per heavy atom. The van der Waals surface area contributed by atoms with Crippen molar-refractivity contribution in [2.24, 2.45) is 11.7 Å². The van der Waals surface area contributed by atoms with Crippen LogP contribution < -0.4 is 11.1 Å². The smallest absolute Gasteiger partial charge is 0.237 e. The molecule has 0 fully saturated rings. The summed E-state index contributed by atoms with van der Waals surface area (Å²) in [5.74, 6) is 0.177. The number of carbonyl (C=O) groups excluding carboxylic acids is 2. The lowest BCUT2D eigenvalue weighted by molar-refractivity contribution is -0.125. The number of phenolic OH excluding ortho intramolecular Hbond substituents is 1. The van der Waals surface area contributed by atoms with E-state index in [2.05, 4.69) is 5.32 Å². The van der Waals surface area contributed by atoms with Gasteiger partial charge < -0.3 is 21.0 Å². The minimum atomic E-state index is -0.606. The number of aldehydes is 1. The number of carbonyl (C=O) groups is 2. The minimum absolute atomic E-state index is 0.166. The Morgan fingerprint density at radius 2 is 1.95 bits per heavy atom. The summed E-state index contributed by atoms with van der Waals surface area (Å²) in [5.41, 5.74) is 6.63. The monoisotopic (exact) mass is 278 g/mol. The maximum Gasteiger partial charge on any atom is 0.237 e. The number of aromatic hydroxyl groups is 1. The van der Waals surface area contributed by atoms with Crippen molar-refractivity contribution in [1.82, 2.24) is 5.32 Å². The second-order valence-corrected chi connectivity index (χ2v) is 5.36. The molecule has 2 atom stereocenters. The molecule has 20 heavy (non-hydrogen) atoms. The highest BCUT2D eigenvalue weighted by molar-refractivity contribution is 5.84. The predicted molar refractivity (Wildman–Crippen MR) is 77.2 cm³/mol. The van der Waals surface area contributed by atoms with E-state index in [9.17, 15) is 14.7 Å². The van der Waals surface area contributed by atoms with E-state index in [4.69, 9.17) is 5.73 Å². The third kappa shape index (κ3) is 5.40. The number of hydrogen-bond donors (Lipinski definition) is 3. The SMILES string of the molecule is CC(C)C[C@H](N)C(=O)N[C@H](C=O)Cc1ccc(O)cc1. The summed E-state index contributed by atoms with van der Waals surface area (Å²) in [6, 6.07) is 5.31. The molecule has 110 valence electrons. The highest BCUT2D eigenvalue weighted by atomic mass is 16.3. The zero-order valence-corrected chi connectivity index (χ0v) is 11.9. The summed E-state index contributed by atoms with van der Waals surface area (Å²) < 4.78 is 0. The molecule has 0 spiro atoms. The van der Waals surface area contributed by atoms with Crippen LogP contribution in [0.2, 0.25) is 0 Å². The van der Waals surface area contributed by atoms with Crippen molar-refractivity contribution in [2.45, 2.75) is 38.8 Å². The van der Waals surface area contributed by atoms with Gasteiger partial charge in [-0.15, -0.1) is 0 Å². The van der Waals surface area contributed by atoms with Crippen molar-refractivity contribution in [3.05, 3.63) is 29.8 Å². The summed E-state index contributed by atoms with van der Waals surface area (Å²) in [7, 11) is 0. The molecule has 1 amide bonds. The van der Waals surface area contributed by atoms with Crippen molar-refractivity contribution in [1.29, 1.82) is 0 Å². The van der Waals surface area contributed by atoms with Crippen LogP contribution in [0.3, 0.4) is 0 Å². The summed E-state index contributed by atoms with van der Waals surface area (Å²) in [4.78, 5) is 22.9. The molecule has 5 nitrogen and oxygen atoms in total. The Labute approximate surface area is 119 Å². The van der Waals surface area contributed by atoms with Crippen LogP contribution in [-0.4, -0.2) is 29.4 Å². The number of nitrogens with one attached hydrogen (secondary N) is 1. The molecular formula is C15H22N2O3. The average Bonchev–Trinajstić information content (AvgIpc) is 2.39. The van der Waals surface area contributed by atoms with Crippen LogP contribution in [0.1, 0.15) is 25.8 Å². The van der Waals surface area contributed by atoms with E-state index in [0.717, 1.165) is 5.56 Å². The van der Waals surface area contributed by atoms with Crippen LogP contribution in [-0.2, 0) is 16.0 Å². The van der Waals surface area contributed by atoms with Crippen molar-refractivity contribution in [3.8, 4) is 5.75 Å². The van der Waals surface area contributed by atoms with Gasteiger partial charge in [0, 0.05) is 0 Å². The molecule has 0 unspecified atom stereocenters. The molecule has 0 saturated carbocycles. The first kappa shape index (κ1) is 16.2. The van der Waals surface area contributed by atoms with E-state index in [-0.39, 0.29) is 11.7 Å². The zero-order valence-electron chi connectivity index (χ0n) is 11.9. The second kappa shape index (κ2) is 7.65. The Morgan fingerprint density at radius 1 is 1.35 bits per heavy atom. The Kier molecular flexibility index (Phi) is 6.18. The van der Waals surface area contributed by atoms with Gasteiger partial charge in [0.1, 0.15) is 12.0 Å². The van der Waals surface area contributed by atoms with Crippen molar-refractivity contribution >= 4 is 12.2 Å². The van der Waals surface area contributed by atoms with Gasteiger partial charge in [0.05, 0.1) is 12.1 Å². The van der Waals surface area contributed by atoms with Crippen molar-refractivity contribution in [3.63, 3.8) is 0 Å². The third-order valence-electron chi connectivity index (χ3n) is 2.95. The third-order valence-corrected chi connectivity index (χ3v) is 2.95. The Hall–Kier alpha value is -1.88. The van der Waals surface area contributed by atoms with E-state index < -0.39 is 12.1 Å². The van der Waals surface area contributed by atoms with E-state index in [1.54, 1.807) is 24.3 Å². The second-order valence-electron chi connectivity index (χ2n) is 5.36. The fraction of sp³-hybridized carbons (Fsp3) is 0.467. The topological polar surface area (TPSA) is 92.4 Å². The summed E-state index contributed by atoms with van der Waals surface area (Å²) >= 11 is 0. The highest BCUT2D eigenvalue weighted by Crippen LogP contribution is 2.11. The maximum atomic E-state index is 11.9. The van der Waals surface area contributed by atoms with E-state index in [0.29, 0.717) is 25.0 Å². The standard InChI is InChI=1S/C15H22N2O3/c1-10(2)7-14(16)15(20)17-12(9-18)8-11-3-5-13(19)6-4-11/h3-6,9-10,12,14,19H,7-8,16H2,1-2H3,(H,17,20)/t12-,14-/m0/s1. The van der Waals surface area contributed by atoms with Crippen molar-refractivity contribution < 1.29 is 14.7 Å². The largest absolute Gasteiger partial charge is 0.508 e. The molecule has 0 aliphatic rings. The first-order valence-electron chi connectivity index (χ1n) is 6.71. The molecule has 0 heterocycles. The average molecular weight is 278 g/mol. The van der Waals surface area contributed by atoms with E-state index in [1.807, 2.05) is 13.8 Å². The van der Waals surface area contributed by atoms with Crippen LogP contribution in [0.15, 0.2) is 24.3 Å². The van der Waals surface area contributed by atoms with Crippen molar-refractivity contribution in [2.75, 3.05) is 0 Å². The number of phenols is 1. The summed E-state index contributed by atoms with van der Waals surface area (Å²) in [6.45, 7) is 3.97. The van der Waals surface area contributed by atoms with Crippen LogP contribution in [0.5, 0.6) is 5.75 Å². The Balaban J connectivity index is 2.56. The number of nitrogens with two attached hydrogens (primary N) is 1. The van der Waals surface area contributed by atoms with Crippen LogP contribution >= 0.6 is 0 Å². The number of rotatable bonds is 7. The molecule has 5 heteroatoms. The van der Waals surface area contributed by atoms with Gasteiger partial charge in [-0.1, -0.05) is 26.0 Å². The van der Waals surface area contributed by atoms with Gasteiger partial charge in [-0.2, -0.15) is 0 Å². The van der Waals surface area contributed by atoms with Gasteiger partial charge >= 0.3 is 0 Å². The lowest BCUT2D eigenvalue weighted by Crippen LogP contribution is -2.47. The van der Waals surface area contributed by atoms with Crippen LogP contribution in [0.4, 0.5) is 0 Å². The molecule has 1 aromatic carbocycles. The van der Waals surface area contributed by atoms with Crippen LogP contribution in [0, 0.1) is 5.92 Å². The zero-order chi connectivity index (χ0) is 15.1. The predicted octanol–water partition coefficient (Wildman–Crippen LogP) is 0.992. The molecule has 0 saturated heterocycles. The van der Waals surface area contributed by atoms with Gasteiger partial charge in [-0.25, -0.2) is 0 Å². The van der Waals surface area contributed by atoms with Gasteiger partial charge in [-0.3, -0.25) is 4.79 Å². The lowest BCUT2D eigenvalue weighted by atomic mass is 10.0. The van der Waals surface area contributed by atoms with E-state index in [1.165, 1.54) is 0 Å². The molecule has 0 aliphatic heterocycles. The summed E-state index contributed by atoms with van der Waals surface area (Å²) in [6.07, 6.45) is 1.66. The number of benzene rings is 1. The molecule has 1 aromatic rings. The molecule has 0 bridgehead atoms. The minimum Gasteiger partial charge on any atom is -0.508 e. The summed E-state index contributed by atoms with van der Waals surface area (Å²) in [5, 5.41) is 11.8. The fourth-order valence-corrected chi connectivity index (χ4v) is 1.92. The molecule has 0 aromatic heterocycles. The highest BCUT2D eigenvalue weighted by Gasteiger charge is 2.18.